The molecule has 3 N–H and O–H groups in total. The van der Waals surface area contributed by atoms with Crippen molar-refractivity contribution >= 4 is 17.5 Å². The molecule has 0 aliphatic heterocycles. The number of ether oxygens (including phenoxy) is 1. The third-order valence-electron chi connectivity index (χ3n) is 5.50. The number of nitrogens with two attached hydrogens (primary N) is 1. The average Bonchev–Trinajstić information content (AvgIpc) is 2.73. The maximum absolute atomic E-state index is 12.5. The van der Waals surface area contributed by atoms with Crippen LogP contribution in [0.25, 0.3) is 0 Å². The van der Waals surface area contributed by atoms with Crippen LogP contribution in [0.3, 0.4) is 0 Å². The molecular weight excluding hydrogens is 366 g/mol. The normalized spacial score (nSPS) is 18.7. The molecule has 2 unspecified atom stereocenters. The van der Waals surface area contributed by atoms with Crippen LogP contribution in [0.15, 0.2) is 48.5 Å². The highest BCUT2D eigenvalue weighted by atomic mass is 16.5. The minimum atomic E-state index is -0.228. The molecule has 2 amide bonds. The number of hydrogen-bond acceptors (Lipinski definition) is 4. The van der Waals surface area contributed by atoms with Crippen molar-refractivity contribution in [2.24, 2.45) is 5.73 Å². The highest BCUT2D eigenvalue weighted by Crippen LogP contribution is 2.24. The van der Waals surface area contributed by atoms with Crippen LogP contribution in [0, 0.1) is 0 Å². The van der Waals surface area contributed by atoms with Crippen LogP contribution in [0.2, 0.25) is 0 Å². The van der Waals surface area contributed by atoms with E-state index in [1.807, 2.05) is 35.2 Å². The number of anilines is 1. The molecule has 0 heterocycles. The predicted molar refractivity (Wildman–Crippen MR) is 114 cm³/mol. The zero-order valence-electron chi connectivity index (χ0n) is 17.1. The van der Waals surface area contributed by atoms with Crippen LogP contribution in [-0.2, 0) is 11.3 Å². The van der Waals surface area contributed by atoms with Crippen molar-refractivity contribution in [3.8, 4) is 5.75 Å². The summed E-state index contributed by atoms with van der Waals surface area (Å²) in [5.74, 6) is 0.345. The number of methoxy groups -OCH3 is 1. The molecule has 0 aromatic heterocycles. The first-order valence-electron chi connectivity index (χ1n) is 10.1. The van der Waals surface area contributed by atoms with Crippen molar-refractivity contribution in [1.82, 2.24) is 4.90 Å². The van der Waals surface area contributed by atoms with Crippen molar-refractivity contribution in [2.45, 2.75) is 51.2 Å². The standard InChI is InChI=1S/C23H29N3O3/c1-16(27)26(21-9-5-4-8-20(21)24)15-17-11-13-18(14-12-17)25-23(28)19-7-3-6-10-22(19)29-2/h3,6-7,10-14,20-21H,4-5,8-9,15,24H2,1-2H3,(H,25,28). The molecule has 6 heteroatoms. The van der Waals surface area contributed by atoms with Crippen LogP contribution >= 0.6 is 0 Å². The van der Waals surface area contributed by atoms with Gasteiger partial charge in [0.25, 0.3) is 5.91 Å². The summed E-state index contributed by atoms with van der Waals surface area (Å²) >= 11 is 0. The number of hydrogen-bond donors (Lipinski definition) is 2. The molecule has 29 heavy (non-hydrogen) atoms. The van der Waals surface area contributed by atoms with Crippen molar-refractivity contribution in [3.05, 3.63) is 59.7 Å². The molecule has 0 saturated heterocycles. The van der Waals surface area contributed by atoms with Gasteiger partial charge in [-0.25, -0.2) is 0 Å². The molecule has 2 aromatic rings. The van der Waals surface area contributed by atoms with E-state index in [-0.39, 0.29) is 23.9 Å². The highest BCUT2D eigenvalue weighted by Gasteiger charge is 2.29. The van der Waals surface area contributed by atoms with E-state index in [2.05, 4.69) is 5.32 Å². The van der Waals surface area contributed by atoms with E-state index in [1.54, 1.807) is 32.2 Å². The number of rotatable bonds is 6. The lowest BCUT2D eigenvalue weighted by atomic mass is 9.89. The molecule has 2 aromatic carbocycles. The molecule has 2 atom stereocenters. The minimum Gasteiger partial charge on any atom is -0.496 e. The third kappa shape index (κ3) is 5.15. The van der Waals surface area contributed by atoms with E-state index < -0.39 is 0 Å². The van der Waals surface area contributed by atoms with Gasteiger partial charge < -0.3 is 20.7 Å². The van der Waals surface area contributed by atoms with Gasteiger partial charge in [-0.3, -0.25) is 9.59 Å². The molecule has 0 bridgehead atoms. The maximum atomic E-state index is 12.5. The Kier molecular flexibility index (Phi) is 6.88. The summed E-state index contributed by atoms with van der Waals surface area (Å²) in [6.07, 6.45) is 4.15. The fourth-order valence-electron chi connectivity index (χ4n) is 3.91. The van der Waals surface area contributed by atoms with Gasteiger partial charge in [-0.05, 0) is 42.7 Å². The number of carbonyl (C=O) groups excluding carboxylic acids is 2. The van der Waals surface area contributed by atoms with Crippen LogP contribution in [0.5, 0.6) is 5.75 Å². The van der Waals surface area contributed by atoms with Gasteiger partial charge in [0.15, 0.2) is 0 Å². The summed E-state index contributed by atoms with van der Waals surface area (Å²) in [4.78, 5) is 26.6. The number of nitrogens with one attached hydrogen (secondary N) is 1. The van der Waals surface area contributed by atoms with Gasteiger partial charge in [0, 0.05) is 31.2 Å². The second-order valence-electron chi connectivity index (χ2n) is 7.51. The molecule has 154 valence electrons. The first-order chi connectivity index (χ1) is 14.0. The van der Waals surface area contributed by atoms with E-state index in [9.17, 15) is 9.59 Å². The van der Waals surface area contributed by atoms with Crippen LogP contribution in [0.1, 0.15) is 48.5 Å². The van der Waals surface area contributed by atoms with E-state index in [4.69, 9.17) is 10.5 Å². The van der Waals surface area contributed by atoms with Gasteiger partial charge in [-0.2, -0.15) is 0 Å². The van der Waals surface area contributed by atoms with E-state index in [0.29, 0.717) is 23.5 Å². The predicted octanol–water partition coefficient (Wildman–Crippen LogP) is 3.57. The molecule has 1 fully saturated rings. The number of amides is 2. The van der Waals surface area contributed by atoms with Gasteiger partial charge >= 0.3 is 0 Å². The summed E-state index contributed by atoms with van der Waals surface area (Å²) in [5.41, 5.74) is 8.45. The first kappa shape index (κ1) is 20.9. The Hall–Kier alpha value is -2.86. The Morgan fingerprint density at radius 2 is 1.79 bits per heavy atom. The first-order valence-corrected chi connectivity index (χ1v) is 10.1. The Balaban J connectivity index is 1.67. The number of benzene rings is 2. The highest BCUT2D eigenvalue weighted by molar-refractivity contribution is 6.06. The Labute approximate surface area is 172 Å². The van der Waals surface area contributed by atoms with Gasteiger partial charge in [0.2, 0.25) is 5.91 Å². The SMILES string of the molecule is COc1ccccc1C(=O)Nc1ccc(CN(C(C)=O)C2CCCCC2N)cc1. The van der Waals surface area contributed by atoms with Crippen LogP contribution in [0.4, 0.5) is 5.69 Å². The smallest absolute Gasteiger partial charge is 0.259 e. The molecular formula is C23H29N3O3. The molecule has 0 spiro atoms. The fourth-order valence-corrected chi connectivity index (χ4v) is 3.91. The summed E-state index contributed by atoms with van der Waals surface area (Å²) in [5, 5.41) is 2.89. The van der Waals surface area contributed by atoms with Crippen molar-refractivity contribution in [1.29, 1.82) is 0 Å². The third-order valence-corrected chi connectivity index (χ3v) is 5.50. The monoisotopic (exact) mass is 395 g/mol. The molecule has 1 aliphatic rings. The van der Waals surface area contributed by atoms with Crippen molar-refractivity contribution in [2.75, 3.05) is 12.4 Å². The second kappa shape index (κ2) is 9.56. The lowest BCUT2D eigenvalue weighted by molar-refractivity contribution is -0.133. The van der Waals surface area contributed by atoms with E-state index >= 15 is 0 Å². The van der Waals surface area contributed by atoms with Crippen molar-refractivity contribution in [3.63, 3.8) is 0 Å². The zero-order chi connectivity index (χ0) is 20.8. The molecule has 3 rings (SSSR count). The number of nitrogens with zero attached hydrogens (tertiary/aromatic N) is 1. The summed E-state index contributed by atoms with van der Waals surface area (Å²) < 4.78 is 5.25. The molecule has 1 saturated carbocycles. The number of para-hydroxylation sites is 1. The zero-order valence-corrected chi connectivity index (χ0v) is 17.1. The Morgan fingerprint density at radius 3 is 2.45 bits per heavy atom. The van der Waals surface area contributed by atoms with Crippen molar-refractivity contribution < 1.29 is 14.3 Å². The second-order valence-corrected chi connectivity index (χ2v) is 7.51. The van der Waals surface area contributed by atoms with Gasteiger partial charge in [0.05, 0.1) is 12.7 Å². The summed E-state index contributed by atoms with van der Waals surface area (Å²) in [6, 6.07) is 14.8. The van der Waals surface area contributed by atoms with Gasteiger partial charge in [-0.1, -0.05) is 37.1 Å². The topological polar surface area (TPSA) is 84.7 Å². The Bertz CT molecular complexity index is 851. The lowest BCUT2D eigenvalue weighted by Crippen LogP contribution is -2.50. The van der Waals surface area contributed by atoms with Crippen LogP contribution < -0.4 is 15.8 Å². The van der Waals surface area contributed by atoms with Gasteiger partial charge in [0.1, 0.15) is 5.75 Å². The average molecular weight is 396 g/mol. The fraction of sp³-hybridized carbons (Fsp3) is 0.391. The maximum Gasteiger partial charge on any atom is 0.259 e. The van der Waals surface area contributed by atoms with Crippen LogP contribution in [-0.4, -0.2) is 35.9 Å². The van der Waals surface area contributed by atoms with E-state index in [1.165, 1.54) is 0 Å². The number of carbonyl (C=O) groups is 2. The summed E-state index contributed by atoms with van der Waals surface area (Å²) in [6.45, 7) is 2.12. The molecule has 1 aliphatic carbocycles. The largest absolute Gasteiger partial charge is 0.496 e. The quantitative estimate of drug-likeness (QED) is 0.783. The molecule has 6 nitrogen and oxygen atoms in total. The molecule has 0 radical (unpaired) electrons. The minimum absolute atomic E-state index is 0.0343. The van der Waals surface area contributed by atoms with E-state index in [0.717, 1.165) is 31.2 Å². The Morgan fingerprint density at radius 1 is 1.10 bits per heavy atom. The summed E-state index contributed by atoms with van der Waals surface area (Å²) in [7, 11) is 1.54. The van der Waals surface area contributed by atoms with Gasteiger partial charge in [-0.15, -0.1) is 0 Å². The lowest BCUT2D eigenvalue weighted by Gasteiger charge is -2.38.